The van der Waals surface area contributed by atoms with Crippen molar-refractivity contribution in [2.45, 2.75) is 19.5 Å². The Labute approximate surface area is 191 Å². The molecule has 0 saturated carbocycles. The Kier molecular flexibility index (Phi) is 11.1. The first kappa shape index (κ1) is 24.4. The third-order valence-electron chi connectivity index (χ3n) is 4.00. The topological polar surface area (TPSA) is 56.7 Å². The van der Waals surface area contributed by atoms with Crippen LogP contribution in [0.4, 0.5) is 4.39 Å². The highest BCUT2D eigenvalue weighted by atomic mass is 127. The number of amides is 1. The average molecular weight is 563 g/mol. The number of carbonyl (C=O) groups excluding carboxylic acids is 1. The van der Waals surface area contributed by atoms with Gasteiger partial charge in [-0.05, 0) is 29.3 Å². The number of hydrogen-bond donors (Lipinski definition) is 2. The van der Waals surface area contributed by atoms with Crippen molar-refractivity contribution in [3.8, 4) is 0 Å². The number of rotatable bonds is 7. The number of carbonyl (C=O) groups is 1. The van der Waals surface area contributed by atoms with Gasteiger partial charge in [-0.3, -0.25) is 9.79 Å². The molecule has 1 amide bonds. The SMILES string of the molecule is CN=C(NCCC(=O)N(C)Cc1ccccc1Br)NCc1cccc(F)c1.I. The number of benzene rings is 2. The van der Waals surface area contributed by atoms with Crippen molar-refractivity contribution in [2.24, 2.45) is 4.99 Å². The third kappa shape index (κ3) is 8.14. The Hall–Kier alpha value is -1.68. The lowest BCUT2D eigenvalue weighted by atomic mass is 10.2. The van der Waals surface area contributed by atoms with E-state index < -0.39 is 0 Å². The van der Waals surface area contributed by atoms with Gasteiger partial charge in [0, 0.05) is 44.6 Å². The summed E-state index contributed by atoms with van der Waals surface area (Å²) in [6.07, 6.45) is 0.349. The molecule has 0 radical (unpaired) electrons. The van der Waals surface area contributed by atoms with Crippen LogP contribution in [0, 0.1) is 5.82 Å². The van der Waals surface area contributed by atoms with Crippen LogP contribution in [-0.4, -0.2) is 37.4 Å². The van der Waals surface area contributed by atoms with Crippen molar-refractivity contribution in [3.05, 3.63) is 69.9 Å². The number of hydrogen-bond acceptors (Lipinski definition) is 2. The predicted octanol–water partition coefficient (Wildman–Crippen LogP) is 3.92. The van der Waals surface area contributed by atoms with Crippen LogP contribution in [-0.2, 0) is 17.9 Å². The Morgan fingerprint density at radius 2 is 1.93 bits per heavy atom. The standard InChI is InChI=1S/C20H24BrFN4O.HI/c1-23-20(25-13-15-6-5-8-17(22)12-15)24-11-10-19(27)26(2)14-16-7-3-4-9-18(16)21;/h3-9,12H,10-11,13-14H2,1-2H3,(H2,23,24,25);1H. The quantitative estimate of drug-likeness (QED) is 0.305. The van der Waals surface area contributed by atoms with E-state index >= 15 is 0 Å². The molecule has 0 aliphatic carbocycles. The zero-order valence-electron chi connectivity index (χ0n) is 15.9. The lowest BCUT2D eigenvalue weighted by Gasteiger charge is -2.19. The molecular weight excluding hydrogens is 538 g/mol. The number of halogens is 3. The molecule has 0 unspecified atom stereocenters. The van der Waals surface area contributed by atoms with Crippen molar-refractivity contribution < 1.29 is 9.18 Å². The molecule has 0 saturated heterocycles. The maximum atomic E-state index is 13.2. The lowest BCUT2D eigenvalue weighted by Crippen LogP contribution is -2.39. The molecule has 28 heavy (non-hydrogen) atoms. The molecule has 0 aromatic heterocycles. The fourth-order valence-corrected chi connectivity index (χ4v) is 2.91. The highest BCUT2D eigenvalue weighted by Gasteiger charge is 2.11. The fourth-order valence-electron chi connectivity index (χ4n) is 2.50. The smallest absolute Gasteiger partial charge is 0.224 e. The largest absolute Gasteiger partial charge is 0.356 e. The third-order valence-corrected chi connectivity index (χ3v) is 4.77. The second-order valence-electron chi connectivity index (χ2n) is 6.07. The summed E-state index contributed by atoms with van der Waals surface area (Å²) in [6, 6.07) is 14.2. The number of nitrogens with one attached hydrogen (secondary N) is 2. The van der Waals surface area contributed by atoms with Gasteiger partial charge in [0.05, 0.1) is 0 Å². The molecule has 0 fully saturated rings. The minimum Gasteiger partial charge on any atom is -0.356 e. The molecule has 0 heterocycles. The maximum absolute atomic E-state index is 13.2. The molecule has 0 aliphatic heterocycles. The number of aliphatic imine (C=N–C) groups is 1. The first-order valence-corrected chi connectivity index (χ1v) is 9.45. The first-order valence-electron chi connectivity index (χ1n) is 8.66. The van der Waals surface area contributed by atoms with Gasteiger partial charge in [-0.25, -0.2) is 4.39 Å². The van der Waals surface area contributed by atoms with E-state index in [0.717, 1.165) is 15.6 Å². The zero-order valence-corrected chi connectivity index (χ0v) is 19.8. The molecule has 2 aromatic rings. The van der Waals surface area contributed by atoms with Gasteiger partial charge in [0.2, 0.25) is 5.91 Å². The number of guanidine groups is 1. The molecule has 152 valence electrons. The van der Waals surface area contributed by atoms with Crippen molar-refractivity contribution in [2.75, 3.05) is 20.6 Å². The summed E-state index contributed by atoms with van der Waals surface area (Å²) in [7, 11) is 3.45. The average Bonchev–Trinajstić information content (AvgIpc) is 2.66. The molecule has 2 aromatic carbocycles. The number of nitrogens with zero attached hydrogens (tertiary/aromatic N) is 2. The van der Waals surface area contributed by atoms with Crippen molar-refractivity contribution >= 4 is 51.8 Å². The minimum atomic E-state index is -0.268. The fraction of sp³-hybridized carbons (Fsp3) is 0.300. The van der Waals surface area contributed by atoms with Crippen LogP contribution in [0.1, 0.15) is 17.5 Å². The molecule has 8 heteroatoms. The summed E-state index contributed by atoms with van der Waals surface area (Å²) in [5.41, 5.74) is 1.89. The highest BCUT2D eigenvalue weighted by molar-refractivity contribution is 14.0. The summed E-state index contributed by atoms with van der Waals surface area (Å²) < 4.78 is 14.2. The second-order valence-corrected chi connectivity index (χ2v) is 6.93. The molecule has 0 bridgehead atoms. The van der Waals surface area contributed by atoms with Gasteiger partial charge < -0.3 is 15.5 Å². The lowest BCUT2D eigenvalue weighted by molar-refractivity contribution is -0.130. The molecule has 0 atom stereocenters. The summed E-state index contributed by atoms with van der Waals surface area (Å²) in [4.78, 5) is 18.1. The summed E-state index contributed by atoms with van der Waals surface area (Å²) in [6.45, 7) is 1.46. The van der Waals surface area contributed by atoms with E-state index in [1.807, 2.05) is 30.3 Å². The van der Waals surface area contributed by atoms with Crippen LogP contribution in [0.25, 0.3) is 0 Å². The van der Waals surface area contributed by atoms with Gasteiger partial charge in [-0.15, -0.1) is 24.0 Å². The van der Waals surface area contributed by atoms with E-state index in [1.165, 1.54) is 12.1 Å². The maximum Gasteiger partial charge on any atom is 0.224 e. The molecule has 2 N–H and O–H groups in total. The van der Waals surface area contributed by atoms with Gasteiger partial charge in [-0.2, -0.15) is 0 Å². The summed E-state index contributed by atoms with van der Waals surface area (Å²) >= 11 is 3.50. The minimum absolute atomic E-state index is 0. The van der Waals surface area contributed by atoms with Crippen LogP contribution < -0.4 is 10.6 Å². The predicted molar refractivity (Wildman–Crippen MR) is 125 cm³/mol. The van der Waals surface area contributed by atoms with Crippen molar-refractivity contribution in [3.63, 3.8) is 0 Å². The molecule has 0 spiro atoms. The molecule has 5 nitrogen and oxygen atoms in total. The van der Waals surface area contributed by atoms with Gasteiger partial charge in [0.1, 0.15) is 5.82 Å². The van der Waals surface area contributed by atoms with Gasteiger partial charge in [0.15, 0.2) is 5.96 Å². The second kappa shape index (κ2) is 12.7. The van der Waals surface area contributed by atoms with Crippen LogP contribution in [0.2, 0.25) is 0 Å². The molecule has 0 aliphatic rings. The van der Waals surface area contributed by atoms with Crippen LogP contribution in [0.3, 0.4) is 0 Å². The summed E-state index contributed by atoms with van der Waals surface area (Å²) in [5, 5.41) is 6.21. The van der Waals surface area contributed by atoms with E-state index in [1.54, 1.807) is 25.1 Å². The molecular formula is C20H25BrFIN4O. The van der Waals surface area contributed by atoms with E-state index in [0.29, 0.717) is 32.0 Å². The van der Waals surface area contributed by atoms with Gasteiger partial charge in [-0.1, -0.05) is 46.3 Å². The Morgan fingerprint density at radius 1 is 1.18 bits per heavy atom. The van der Waals surface area contributed by atoms with E-state index in [4.69, 9.17) is 0 Å². The van der Waals surface area contributed by atoms with Crippen molar-refractivity contribution in [1.82, 2.24) is 15.5 Å². The monoisotopic (exact) mass is 562 g/mol. The van der Waals surface area contributed by atoms with Crippen LogP contribution >= 0.6 is 39.9 Å². The van der Waals surface area contributed by atoms with Gasteiger partial charge >= 0.3 is 0 Å². The summed E-state index contributed by atoms with van der Waals surface area (Å²) in [5.74, 6) is 0.343. The Balaban J connectivity index is 0.00000392. The van der Waals surface area contributed by atoms with Gasteiger partial charge in [0.25, 0.3) is 0 Å². The first-order chi connectivity index (χ1) is 13.0. The van der Waals surface area contributed by atoms with Crippen LogP contribution in [0.15, 0.2) is 58.0 Å². The van der Waals surface area contributed by atoms with Crippen LogP contribution in [0.5, 0.6) is 0 Å². The van der Waals surface area contributed by atoms with E-state index in [2.05, 4.69) is 31.6 Å². The van der Waals surface area contributed by atoms with E-state index in [-0.39, 0.29) is 35.7 Å². The Bertz CT molecular complexity index is 803. The van der Waals surface area contributed by atoms with E-state index in [9.17, 15) is 9.18 Å². The zero-order chi connectivity index (χ0) is 19.6. The highest BCUT2D eigenvalue weighted by Crippen LogP contribution is 2.17. The Morgan fingerprint density at radius 3 is 2.61 bits per heavy atom. The molecule has 2 rings (SSSR count). The van der Waals surface area contributed by atoms with Crippen molar-refractivity contribution in [1.29, 1.82) is 0 Å². The normalized spacial score (nSPS) is 10.8.